The average molecular weight is 503 g/mol. The topological polar surface area (TPSA) is 67.9 Å². The number of carbonyl (C=O) groups excluding carboxylic acids is 2. The summed E-state index contributed by atoms with van der Waals surface area (Å²) in [7, 11) is 0. The van der Waals surface area contributed by atoms with Gasteiger partial charge >= 0.3 is 12.1 Å². The Morgan fingerprint density at radius 2 is 1.88 bits per heavy atom. The Bertz CT molecular complexity index is 927. The van der Waals surface area contributed by atoms with Gasteiger partial charge in [0.25, 0.3) is 0 Å². The maximum absolute atomic E-state index is 12.6. The van der Waals surface area contributed by atoms with E-state index in [0.717, 1.165) is 41.5 Å². The van der Waals surface area contributed by atoms with Gasteiger partial charge in [0.05, 0.1) is 5.56 Å². The van der Waals surface area contributed by atoms with E-state index in [0.29, 0.717) is 12.1 Å². The lowest BCUT2D eigenvalue weighted by atomic mass is 10.0. The number of alkyl carbamates (subject to hydrolysis) is 1. The molecular formula is C25H31BrN2O4. The molecule has 2 aromatic rings. The summed E-state index contributed by atoms with van der Waals surface area (Å²) in [6, 6.07) is 15.3. The standard InChI is InChI=1S/C25H31BrN2O4/c1-25(2,3)32-24(30)27-22-10-7-11-28(16-22)15-19-12-20(14-21(26)13-19)23(29)31-17-18-8-5-4-6-9-18/h4-6,8-9,12-14,22H,7,10-11,15-17H2,1-3H3,(H,27,30). The molecule has 1 aliphatic rings. The molecule has 1 unspecified atom stereocenters. The number of piperidine rings is 1. The number of amides is 1. The minimum Gasteiger partial charge on any atom is -0.457 e. The van der Waals surface area contributed by atoms with E-state index in [-0.39, 0.29) is 24.7 Å². The van der Waals surface area contributed by atoms with Gasteiger partial charge in [-0.05, 0) is 69.5 Å². The molecule has 0 aromatic heterocycles. The molecule has 0 aliphatic carbocycles. The first kappa shape index (κ1) is 24.3. The molecule has 1 atom stereocenters. The van der Waals surface area contributed by atoms with Crippen molar-refractivity contribution in [3.63, 3.8) is 0 Å². The highest BCUT2D eigenvalue weighted by Gasteiger charge is 2.24. The molecule has 1 N–H and O–H groups in total. The van der Waals surface area contributed by atoms with Crippen molar-refractivity contribution in [2.75, 3.05) is 13.1 Å². The Morgan fingerprint density at radius 3 is 2.59 bits per heavy atom. The summed E-state index contributed by atoms with van der Waals surface area (Å²) in [5.74, 6) is -0.348. The Morgan fingerprint density at radius 1 is 1.12 bits per heavy atom. The SMILES string of the molecule is CC(C)(C)OC(=O)NC1CCCN(Cc2cc(Br)cc(C(=O)OCc3ccccc3)c2)C1. The lowest BCUT2D eigenvalue weighted by Gasteiger charge is -2.33. The zero-order chi connectivity index (χ0) is 23.1. The van der Waals surface area contributed by atoms with Gasteiger partial charge in [0.2, 0.25) is 0 Å². The summed E-state index contributed by atoms with van der Waals surface area (Å²) in [6.07, 6.45) is 1.53. The number of nitrogens with zero attached hydrogens (tertiary/aromatic N) is 1. The van der Waals surface area contributed by atoms with E-state index in [4.69, 9.17) is 9.47 Å². The van der Waals surface area contributed by atoms with Crippen LogP contribution in [-0.2, 0) is 22.6 Å². The predicted molar refractivity (Wildman–Crippen MR) is 127 cm³/mol. The van der Waals surface area contributed by atoms with Crippen LogP contribution in [0.3, 0.4) is 0 Å². The van der Waals surface area contributed by atoms with E-state index in [1.165, 1.54) is 0 Å². The van der Waals surface area contributed by atoms with Crippen molar-refractivity contribution in [1.29, 1.82) is 0 Å². The monoisotopic (exact) mass is 502 g/mol. The van der Waals surface area contributed by atoms with Crippen molar-refractivity contribution in [1.82, 2.24) is 10.2 Å². The van der Waals surface area contributed by atoms with Crippen LogP contribution < -0.4 is 5.32 Å². The minimum absolute atomic E-state index is 0.0426. The molecule has 1 heterocycles. The Kier molecular flexibility index (Phi) is 8.32. The highest BCUT2D eigenvalue weighted by molar-refractivity contribution is 9.10. The first-order valence-corrected chi connectivity index (χ1v) is 11.7. The summed E-state index contributed by atoms with van der Waals surface area (Å²) in [5, 5.41) is 2.98. The minimum atomic E-state index is -0.514. The molecular weight excluding hydrogens is 472 g/mol. The van der Waals surface area contributed by atoms with E-state index in [2.05, 4.69) is 26.1 Å². The zero-order valence-corrected chi connectivity index (χ0v) is 20.5. The number of hydrogen-bond acceptors (Lipinski definition) is 5. The van der Waals surface area contributed by atoms with Crippen LogP contribution in [0.1, 0.15) is 55.1 Å². The summed E-state index contributed by atoms with van der Waals surface area (Å²) < 4.78 is 11.7. The molecule has 1 saturated heterocycles. The molecule has 6 nitrogen and oxygen atoms in total. The van der Waals surface area contributed by atoms with Crippen LogP contribution in [0.2, 0.25) is 0 Å². The number of likely N-dealkylation sites (tertiary alicyclic amines) is 1. The van der Waals surface area contributed by atoms with Gasteiger partial charge in [-0.25, -0.2) is 9.59 Å². The maximum Gasteiger partial charge on any atom is 0.407 e. The van der Waals surface area contributed by atoms with Crippen LogP contribution in [0.25, 0.3) is 0 Å². The lowest BCUT2D eigenvalue weighted by Crippen LogP contribution is -2.48. The second kappa shape index (κ2) is 11.0. The third-order valence-electron chi connectivity index (χ3n) is 5.04. The fourth-order valence-corrected chi connectivity index (χ4v) is 4.26. The third kappa shape index (κ3) is 7.95. The fraction of sp³-hybridized carbons (Fsp3) is 0.440. The van der Waals surface area contributed by atoms with Gasteiger partial charge in [-0.3, -0.25) is 4.90 Å². The van der Waals surface area contributed by atoms with E-state index in [9.17, 15) is 9.59 Å². The lowest BCUT2D eigenvalue weighted by molar-refractivity contribution is 0.0458. The van der Waals surface area contributed by atoms with Gasteiger partial charge in [-0.15, -0.1) is 0 Å². The number of ether oxygens (including phenoxy) is 2. The van der Waals surface area contributed by atoms with Gasteiger partial charge < -0.3 is 14.8 Å². The third-order valence-corrected chi connectivity index (χ3v) is 5.50. The number of nitrogens with one attached hydrogen (secondary N) is 1. The Balaban J connectivity index is 1.57. The normalized spacial score (nSPS) is 16.9. The van der Waals surface area contributed by atoms with Crippen molar-refractivity contribution >= 4 is 28.0 Å². The van der Waals surface area contributed by atoms with Crippen molar-refractivity contribution in [2.24, 2.45) is 0 Å². The van der Waals surface area contributed by atoms with Crippen LogP contribution in [0, 0.1) is 0 Å². The van der Waals surface area contributed by atoms with Crippen molar-refractivity contribution < 1.29 is 19.1 Å². The largest absolute Gasteiger partial charge is 0.457 e. The Hall–Kier alpha value is -2.38. The van der Waals surface area contributed by atoms with Gasteiger partial charge in [0, 0.05) is 23.6 Å². The van der Waals surface area contributed by atoms with E-state index in [1.807, 2.05) is 63.2 Å². The number of hydrogen-bond donors (Lipinski definition) is 1. The van der Waals surface area contributed by atoms with E-state index < -0.39 is 5.60 Å². The highest BCUT2D eigenvalue weighted by atomic mass is 79.9. The summed E-state index contributed by atoms with van der Waals surface area (Å²) >= 11 is 3.51. The summed E-state index contributed by atoms with van der Waals surface area (Å²) in [6.45, 7) is 8.17. The van der Waals surface area contributed by atoms with Crippen LogP contribution in [-0.4, -0.2) is 41.7 Å². The maximum atomic E-state index is 12.6. The molecule has 1 amide bonds. The van der Waals surface area contributed by atoms with Crippen molar-refractivity contribution in [3.8, 4) is 0 Å². The number of benzene rings is 2. The number of rotatable bonds is 6. The molecule has 2 aromatic carbocycles. The van der Waals surface area contributed by atoms with Gasteiger partial charge in [-0.2, -0.15) is 0 Å². The van der Waals surface area contributed by atoms with Crippen LogP contribution >= 0.6 is 15.9 Å². The smallest absolute Gasteiger partial charge is 0.407 e. The molecule has 0 bridgehead atoms. The van der Waals surface area contributed by atoms with Crippen molar-refractivity contribution in [2.45, 2.75) is 58.4 Å². The number of halogens is 1. The summed E-state index contributed by atoms with van der Waals surface area (Å²) in [4.78, 5) is 27.0. The fourth-order valence-electron chi connectivity index (χ4n) is 3.72. The molecule has 0 spiro atoms. The Labute approximate surface area is 198 Å². The average Bonchev–Trinajstić information content (AvgIpc) is 2.71. The molecule has 0 radical (unpaired) electrons. The predicted octanol–water partition coefficient (Wildman–Crippen LogP) is 5.30. The van der Waals surface area contributed by atoms with E-state index in [1.54, 1.807) is 6.07 Å². The van der Waals surface area contributed by atoms with Gasteiger partial charge in [0.15, 0.2) is 0 Å². The molecule has 1 aliphatic heterocycles. The molecule has 32 heavy (non-hydrogen) atoms. The number of esters is 1. The zero-order valence-electron chi connectivity index (χ0n) is 18.9. The van der Waals surface area contributed by atoms with Crippen LogP contribution in [0.5, 0.6) is 0 Å². The molecule has 3 rings (SSSR count). The van der Waals surface area contributed by atoms with Gasteiger partial charge in [0.1, 0.15) is 12.2 Å². The highest BCUT2D eigenvalue weighted by Crippen LogP contribution is 2.21. The second-order valence-electron chi connectivity index (χ2n) is 9.13. The molecule has 172 valence electrons. The first-order valence-electron chi connectivity index (χ1n) is 10.9. The molecule has 1 fully saturated rings. The number of carbonyl (C=O) groups is 2. The van der Waals surface area contributed by atoms with Crippen molar-refractivity contribution in [3.05, 3.63) is 69.7 Å². The van der Waals surface area contributed by atoms with Crippen LogP contribution in [0.4, 0.5) is 4.79 Å². The second-order valence-corrected chi connectivity index (χ2v) is 10.0. The first-order chi connectivity index (χ1) is 15.2. The summed E-state index contributed by atoms with van der Waals surface area (Å²) in [5.41, 5.74) is 1.97. The molecule has 0 saturated carbocycles. The van der Waals surface area contributed by atoms with Gasteiger partial charge in [-0.1, -0.05) is 46.3 Å². The molecule has 7 heteroatoms. The van der Waals surface area contributed by atoms with Crippen LogP contribution in [0.15, 0.2) is 53.0 Å². The quantitative estimate of drug-likeness (QED) is 0.543. The van der Waals surface area contributed by atoms with E-state index >= 15 is 0 Å².